The number of amides is 2. The minimum absolute atomic E-state index is 0.0463. The highest BCUT2D eigenvalue weighted by Crippen LogP contribution is 2.35. The molecule has 2 aliphatic rings. The average Bonchev–Trinajstić information content (AvgIpc) is 3.99. The summed E-state index contributed by atoms with van der Waals surface area (Å²) in [6.45, 7) is 1.49. The smallest absolute Gasteiger partial charge is 0.227 e. The van der Waals surface area contributed by atoms with Crippen molar-refractivity contribution >= 4 is 11.8 Å². The number of aromatic nitrogens is 4. The third-order valence-corrected chi connectivity index (χ3v) is 9.91. The molecule has 0 bridgehead atoms. The predicted molar refractivity (Wildman–Crippen MR) is 196 cm³/mol. The molecule has 2 amide bonds. The molecule has 0 radical (unpaired) electrons. The zero-order valence-electron chi connectivity index (χ0n) is 28.4. The predicted octanol–water partition coefficient (Wildman–Crippen LogP) is 8.07. The minimum Gasteiger partial charge on any atom is -0.457 e. The first-order chi connectivity index (χ1) is 25.1. The molecule has 2 aliphatic heterocycles. The molecule has 0 spiro atoms. The molecule has 0 aliphatic carbocycles. The van der Waals surface area contributed by atoms with Crippen LogP contribution in [0.2, 0.25) is 0 Å². The van der Waals surface area contributed by atoms with Gasteiger partial charge in [-0.15, -0.1) is 0 Å². The number of carbonyl (C=O) groups is 2. The highest BCUT2D eigenvalue weighted by molar-refractivity contribution is 5.80. The number of hydrogen-bond acceptors (Lipinski definition) is 5. The quantitative estimate of drug-likeness (QED) is 0.153. The number of carbonyl (C=O) groups excluding carboxylic acids is 2. The van der Waals surface area contributed by atoms with Crippen LogP contribution in [0.15, 0.2) is 122 Å². The third kappa shape index (κ3) is 7.19. The number of imidazole rings is 2. The lowest BCUT2D eigenvalue weighted by Gasteiger charge is -2.23. The highest BCUT2D eigenvalue weighted by atomic mass is 16.5. The number of H-pyrrole nitrogens is 2. The maximum atomic E-state index is 13.2. The monoisotopic (exact) mass is 676 g/mol. The second kappa shape index (κ2) is 14.5. The van der Waals surface area contributed by atoms with Crippen molar-refractivity contribution in [3.05, 3.63) is 144 Å². The normalized spacial score (nSPS) is 17.2. The van der Waals surface area contributed by atoms with E-state index in [0.717, 1.165) is 84.1 Å². The summed E-state index contributed by atoms with van der Waals surface area (Å²) in [4.78, 5) is 46.6. The van der Waals surface area contributed by atoms with Gasteiger partial charge in [0.25, 0.3) is 0 Å². The van der Waals surface area contributed by atoms with Gasteiger partial charge in [0, 0.05) is 18.7 Å². The van der Waals surface area contributed by atoms with Crippen LogP contribution in [0.25, 0.3) is 22.5 Å². The van der Waals surface area contributed by atoms with Gasteiger partial charge in [-0.25, -0.2) is 9.97 Å². The fourth-order valence-electron chi connectivity index (χ4n) is 7.31. The Bertz CT molecular complexity index is 2110. The van der Waals surface area contributed by atoms with E-state index in [0.29, 0.717) is 24.3 Å². The molecule has 6 aromatic rings. The van der Waals surface area contributed by atoms with Gasteiger partial charge in [-0.3, -0.25) is 9.59 Å². The summed E-state index contributed by atoms with van der Waals surface area (Å²) in [6.07, 6.45) is 8.18. The number of hydrogen-bond donors (Lipinski definition) is 2. The maximum Gasteiger partial charge on any atom is 0.227 e. The molecule has 9 heteroatoms. The zero-order chi connectivity index (χ0) is 34.6. The zero-order valence-corrected chi connectivity index (χ0v) is 28.4. The number of rotatable bonds is 10. The maximum absolute atomic E-state index is 13.2. The van der Waals surface area contributed by atoms with Crippen LogP contribution in [-0.4, -0.2) is 54.6 Å². The van der Waals surface area contributed by atoms with E-state index in [-0.39, 0.29) is 23.9 Å². The van der Waals surface area contributed by atoms with Crippen molar-refractivity contribution in [2.75, 3.05) is 13.1 Å². The lowest BCUT2D eigenvalue weighted by molar-refractivity contribution is -0.132. The Morgan fingerprint density at radius 1 is 0.608 bits per heavy atom. The van der Waals surface area contributed by atoms with E-state index in [2.05, 4.69) is 9.97 Å². The number of nitrogens with zero attached hydrogens (tertiary/aromatic N) is 4. The molecular formula is C42H40N6O3. The lowest BCUT2D eigenvalue weighted by atomic mass is 10.1. The van der Waals surface area contributed by atoms with Crippen LogP contribution in [0.1, 0.15) is 60.5 Å². The molecule has 51 heavy (non-hydrogen) atoms. The van der Waals surface area contributed by atoms with Crippen LogP contribution >= 0.6 is 0 Å². The molecule has 2 N–H and O–H groups in total. The fourth-order valence-corrected chi connectivity index (χ4v) is 7.31. The van der Waals surface area contributed by atoms with E-state index < -0.39 is 0 Å². The van der Waals surface area contributed by atoms with Crippen molar-refractivity contribution < 1.29 is 14.3 Å². The average molecular weight is 677 g/mol. The molecule has 2 fully saturated rings. The standard InChI is InChI=1S/C42H40N6O3/c49-39(24-29-10-3-1-4-11-29)47-22-8-16-37(47)41-43-27-35(45-41)31-18-20-33(21-19-31)51-34-15-7-14-32(26-34)36-28-44-42(46-36)38-17-9-23-48(38)40(50)25-30-12-5-2-6-13-30/h1-7,10-15,18-21,26-28,37-38H,8-9,16-17,22-25H2,(H,43,45)(H,44,46)/t37-,38-/m0/s1. The van der Waals surface area contributed by atoms with Gasteiger partial charge in [-0.2, -0.15) is 0 Å². The number of aromatic amines is 2. The number of benzene rings is 4. The Balaban J connectivity index is 0.905. The first-order valence-corrected chi connectivity index (χ1v) is 17.7. The Hall–Kier alpha value is -5.96. The van der Waals surface area contributed by atoms with E-state index in [1.54, 1.807) is 0 Å². The van der Waals surface area contributed by atoms with Crippen LogP contribution in [0.5, 0.6) is 11.5 Å². The van der Waals surface area contributed by atoms with Gasteiger partial charge in [-0.05, 0) is 78.8 Å². The molecule has 0 unspecified atom stereocenters. The number of nitrogens with one attached hydrogen (secondary N) is 2. The molecule has 2 saturated heterocycles. The van der Waals surface area contributed by atoms with Crippen molar-refractivity contribution in [2.45, 2.75) is 50.6 Å². The summed E-state index contributed by atoms with van der Waals surface area (Å²) in [7, 11) is 0. The molecule has 4 aromatic carbocycles. The first kappa shape index (κ1) is 32.3. The summed E-state index contributed by atoms with van der Waals surface area (Å²) in [5.74, 6) is 3.32. The van der Waals surface area contributed by atoms with Crippen LogP contribution in [0, 0.1) is 0 Å². The molecule has 2 aromatic heterocycles. The molecule has 256 valence electrons. The molecule has 2 atom stereocenters. The summed E-state index contributed by atoms with van der Waals surface area (Å²) in [5.41, 5.74) is 5.77. The van der Waals surface area contributed by atoms with Crippen molar-refractivity contribution in [1.82, 2.24) is 29.7 Å². The van der Waals surface area contributed by atoms with Gasteiger partial charge in [-0.1, -0.05) is 72.8 Å². The van der Waals surface area contributed by atoms with Crippen LogP contribution in [-0.2, 0) is 22.4 Å². The van der Waals surface area contributed by atoms with Crippen molar-refractivity contribution in [3.63, 3.8) is 0 Å². The Kier molecular flexibility index (Phi) is 9.16. The van der Waals surface area contributed by atoms with Gasteiger partial charge >= 0.3 is 0 Å². The minimum atomic E-state index is -0.0573. The second-order valence-corrected chi connectivity index (χ2v) is 13.3. The summed E-state index contributed by atoms with van der Waals surface area (Å²) < 4.78 is 6.26. The van der Waals surface area contributed by atoms with Crippen LogP contribution in [0.4, 0.5) is 0 Å². The topological polar surface area (TPSA) is 107 Å². The van der Waals surface area contributed by atoms with E-state index in [1.165, 1.54) is 0 Å². The van der Waals surface area contributed by atoms with Crippen LogP contribution in [0.3, 0.4) is 0 Å². The Morgan fingerprint density at radius 3 is 1.69 bits per heavy atom. The first-order valence-electron chi connectivity index (χ1n) is 17.7. The van der Waals surface area contributed by atoms with Gasteiger partial charge in [0.2, 0.25) is 11.8 Å². The summed E-state index contributed by atoms with van der Waals surface area (Å²) >= 11 is 0. The molecule has 0 saturated carbocycles. The van der Waals surface area contributed by atoms with Crippen molar-refractivity contribution in [1.29, 1.82) is 0 Å². The summed E-state index contributed by atoms with van der Waals surface area (Å²) in [6, 6.07) is 35.5. The second-order valence-electron chi connectivity index (χ2n) is 13.3. The van der Waals surface area contributed by atoms with E-state index >= 15 is 0 Å². The van der Waals surface area contributed by atoms with Gasteiger partial charge in [0.15, 0.2) is 0 Å². The Morgan fingerprint density at radius 2 is 1.14 bits per heavy atom. The highest BCUT2D eigenvalue weighted by Gasteiger charge is 2.33. The molecule has 4 heterocycles. The summed E-state index contributed by atoms with van der Waals surface area (Å²) in [5, 5.41) is 0. The van der Waals surface area contributed by atoms with Crippen molar-refractivity contribution in [3.8, 4) is 34.0 Å². The van der Waals surface area contributed by atoms with E-state index in [1.807, 2.05) is 131 Å². The number of ether oxygens (including phenoxy) is 1. The van der Waals surface area contributed by atoms with Gasteiger partial charge in [0.05, 0.1) is 48.7 Å². The number of likely N-dealkylation sites (tertiary alicyclic amines) is 2. The van der Waals surface area contributed by atoms with Gasteiger partial charge in [0.1, 0.15) is 23.1 Å². The molecular weight excluding hydrogens is 637 g/mol. The third-order valence-electron chi connectivity index (χ3n) is 9.91. The van der Waals surface area contributed by atoms with E-state index in [4.69, 9.17) is 14.7 Å². The Labute approximate surface area is 297 Å². The van der Waals surface area contributed by atoms with Crippen LogP contribution < -0.4 is 4.74 Å². The largest absolute Gasteiger partial charge is 0.457 e. The molecule has 8 rings (SSSR count). The SMILES string of the molecule is O=C(Cc1ccccc1)N1CCC[C@H]1c1ncc(-c2ccc(Oc3cccc(-c4cnc([C@@H]5CCCN5C(=O)Cc5ccccc5)[nH]4)c3)cc2)[nH]1. The molecule has 9 nitrogen and oxygen atoms in total. The van der Waals surface area contributed by atoms with Gasteiger partial charge < -0.3 is 24.5 Å². The van der Waals surface area contributed by atoms with Crippen molar-refractivity contribution in [2.24, 2.45) is 0 Å². The lowest BCUT2D eigenvalue weighted by Crippen LogP contribution is -2.32. The van der Waals surface area contributed by atoms with E-state index in [9.17, 15) is 9.59 Å². The fraction of sp³-hybridized carbons (Fsp3) is 0.238.